The van der Waals surface area contributed by atoms with Gasteiger partial charge in [0, 0.05) is 0 Å². The van der Waals surface area contributed by atoms with Gasteiger partial charge in [0.25, 0.3) is 0 Å². The van der Waals surface area contributed by atoms with Gasteiger partial charge in [0.2, 0.25) is 0 Å². The second-order valence-electron chi connectivity index (χ2n) is 0.383. The molecule has 0 aromatic carbocycles. The van der Waals surface area contributed by atoms with Gasteiger partial charge in [-0.25, -0.2) is 0 Å². The fourth-order valence-electron chi connectivity index (χ4n) is 0. The first-order valence-electron chi connectivity index (χ1n) is 0.676. The first kappa shape index (κ1) is 5.30. The molecule has 0 radical (unpaired) electrons. The third-order valence-corrected chi connectivity index (χ3v) is 0. The summed E-state index contributed by atoms with van der Waals surface area (Å²) in [4.78, 5) is 0. The third kappa shape index (κ3) is 247. The normalized spacial score (nSPS) is 12.0. The molecule has 0 amide bonds. The molecule has 0 aliphatic rings. The van der Waals surface area contributed by atoms with Crippen molar-refractivity contribution in [3.05, 3.63) is 0 Å². The minimum atomic E-state index is -6.88. The zero-order valence-corrected chi connectivity index (χ0v) is 3.36. The van der Waals surface area contributed by atoms with Crippen LogP contribution in [0.4, 0.5) is 13.6 Å². The first-order valence-corrected chi connectivity index (χ1v) is 2.79. The third-order valence-electron chi connectivity index (χ3n) is 0. The first-order chi connectivity index (χ1) is 2.00. The molecule has 0 aromatic rings. The Labute approximate surface area is 30.5 Å². The monoisotopic (exact) mass is 127 g/mol. The quantitative estimate of drug-likeness (QED) is 0.434. The maximum absolute atomic E-state index is 9.86. The summed E-state index contributed by atoms with van der Waals surface area (Å²) in [5, 5.41) is 0. The van der Waals surface area contributed by atoms with Crippen LogP contribution in [-0.4, -0.2) is 0 Å². The number of hydrogen-bond donors (Lipinski definition) is 0. The van der Waals surface area contributed by atoms with Gasteiger partial charge >= 0.3 is 29.6 Å². The summed E-state index contributed by atoms with van der Waals surface area (Å²) in [7, 11) is 0. The molecule has 0 unspecified atom stereocenters. The average molecular weight is 127 g/mol. The van der Waals surface area contributed by atoms with Crippen molar-refractivity contribution in [1.29, 1.82) is 0 Å². The molecule has 0 aliphatic carbocycles. The standard InChI is InChI=1S/4FH.V/h4*1H;/q;;;;+4/p-4. The van der Waals surface area contributed by atoms with Crippen LogP contribution in [0, 0.1) is 0 Å². The molecular weight excluding hydrogens is 127 g/mol. The molecule has 5 heteroatoms. The van der Waals surface area contributed by atoms with Crippen molar-refractivity contribution >= 4 is 0 Å². The molecule has 0 atom stereocenters. The molecule has 0 bridgehead atoms. The van der Waals surface area contributed by atoms with E-state index < -0.39 is 16.0 Å². The van der Waals surface area contributed by atoms with E-state index in [1.165, 1.54) is 0 Å². The van der Waals surface area contributed by atoms with Crippen LogP contribution in [0.25, 0.3) is 0 Å². The molecule has 33 valence electrons. The van der Waals surface area contributed by atoms with E-state index in [1.54, 1.807) is 0 Å². The van der Waals surface area contributed by atoms with Gasteiger partial charge in [0.1, 0.15) is 0 Å². The predicted octanol–water partition coefficient (Wildman–Crippen LogP) is 1.68. The molecule has 0 aliphatic heterocycles. The molecule has 0 heterocycles. The van der Waals surface area contributed by atoms with Gasteiger partial charge in [0.05, 0.1) is 0 Å². The maximum atomic E-state index is 9.86. The van der Waals surface area contributed by atoms with Gasteiger partial charge in [-0.1, -0.05) is 0 Å². The van der Waals surface area contributed by atoms with Gasteiger partial charge in [-0.15, -0.1) is 0 Å². The van der Waals surface area contributed by atoms with Crippen LogP contribution >= 0.6 is 0 Å². The summed E-state index contributed by atoms with van der Waals surface area (Å²) in [6.45, 7) is 0. The van der Waals surface area contributed by atoms with Gasteiger partial charge in [-0.2, -0.15) is 0 Å². The average Bonchev–Trinajstić information content (AvgIpc) is 0.722. The molecule has 0 aromatic heterocycles. The second kappa shape index (κ2) is 1.18. The predicted molar refractivity (Wildman–Crippen MR) is 4.43 cm³/mol. The van der Waals surface area contributed by atoms with Gasteiger partial charge in [-0.05, 0) is 0 Å². The Hall–Kier alpha value is 0.304. The van der Waals surface area contributed by atoms with E-state index in [4.69, 9.17) is 0 Å². The number of rotatable bonds is 0. The number of halogens is 4. The van der Waals surface area contributed by atoms with Crippen LogP contribution in [0.1, 0.15) is 0 Å². The zero-order chi connectivity index (χ0) is 4.50. The van der Waals surface area contributed by atoms with E-state index in [1.807, 2.05) is 0 Å². The molecule has 0 saturated heterocycles. The van der Waals surface area contributed by atoms with Crippen molar-refractivity contribution in [1.82, 2.24) is 0 Å². The Balaban J connectivity index is 3.02. The van der Waals surface area contributed by atoms with Crippen LogP contribution < -0.4 is 0 Å². The topological polar surface area (TPSA) is 0 Å². The van der Waals surface area contributed by atoms with E-state index in [9.17, 15) is 13.6 Å². The van der Waals surface area contributed by atoms with E-state index >= 15 is 0 Å². The van der Waals surface area contributed by atoms with Crippen molar-refractivity contribution in [2.75, 3.05) is 0 Å². The van der Waals surface area contributed by atoms with E-state index in [0.717, 1.165) is 0 Å². The van der Waals surface area contributed by atoms with Crippen LogP contribution in [-0.2, 0) is 16.0 Å². The van der Waals surface area contributed by atoms with Crippen LogP contribution in [0.2, 0.25) is 0 Å². The molecule has 0 saturated carbocycles. The second-order valence-corrected chi connectivity index (χ2v) is 1.58. The summed E-state index contributed by atoms with van der Waals surface area (Å²) in [6.07, 6.45) is 0. The van der Waals surface area contributed by atoms with Crippen LogP contribution in [0.3, 0.4) is 0 Å². The van der Waals surface area contributed by atoms with Crippen molar-refractivity contribution in [2.24, 2.45) is 0 Å². The SMILES string of the molecule is [F][V]([F])([F])[F]. The Morgan fingerprint density at radius 2 is 0.800 bits per heavy atom. The van der Waals surface area contributed by atoms with Crippen molar-refractivity contribution < 1.29 is 29.6 Å². The molecular formula is F4V. The van der Waals surface area contributed by atoms with Crippen LogP contribution in [0.15, 0.2) is 0 Å². The summed E-state index contributed by atoms with van der Waals surface area (Å²) in [6, 6.07) is 0. The van der Waals surface area contributed by atoms with Gasteiger partial charge in [-0.3, -0.25) is 0 Å². The Bertz CT molecular complexity index is 19.1. The zero-order valence-electron chi connectivity index (χ0n) is 1.96. The summed E-state index contributed by atoms with van der Waals surface area (Å²) < 4.78 is 39.4. The fourth-order valence-corrected chi connectivity index (χ4v) is 0. The van der Waals surface area contributed by atoms with Crippen molar-refractivity contribution in [3.8, 4) is 0 Å². The molecule has 0 rings (SSSR count). The van der Waals surface area contributed by atoms with E-state index in [-0.39, 0.29) is 0 Å². The van der Waals surface area contributed by atoms with Crippen molar-refractivity contribution in [2.45, 2.75) is 0 Å². The van der Waals surface area contributed by atoms with Crippen molar-refractivity contribution in [3.63, 3.8) is 0 Å². The Morgan fingerprint density at radius 1 is 0.800 bits per heavy atom. The molecule has 0 nitrogen and oxygen atoms in total. The van der Waals surface area contributed by atoms with Crippen LogP contribution in [0.5, 0.6) is 0 Å². The Kier molecular flexibility index (Phi) is 1.25. The summed E-state index contributed by atoms with van der Waals surface area (Å²) in [5.74, 6) is 0. The van der Waals surface area contributed by atoms with E-state index in [2.05, 4.69) is 0 Å². The van der Waals surface area contributed by atoms with Gasteiger partial charge in [0.15, 0.2) is 0 Å². The van der Waals surface area contributed by atoms with Gasteiger partial charge < -0.3 is 0 Å². The summed E-state index contributed by atoms with van der Waals surface area (Å²) in [5.41, 5.74) is 0. The molecule has 0 N–H and O–H groups in total. The molecule has 5 heavy (non-hydrogen) atoms. The Morgan fingerprint density at radius 3 is 0.800 bits per heavy atom. The van der Waals surface area contributed by atoms with E-state index in [0.29, 0.717) is 0 Å². The molecule has 0 spiro atoms. The minimum absolute atomic E-state index is 6.88. The fraction of sp³-hybridized carbons (Fsp3) is 0. The number of hydrogen-bond acceptors (Lipinski definition) is 0. The molecule has 0 fully saturated rings. The summed E-state index contributed by atoms with van der Waals surface area (Å²) >= 11 is -6.88.